The second kappa shape index (κ2) is 5.38. The van der Waals surface area contributed by atoms with Crippen molar-refractivity contribution < 1.29 is 8.78 Å². The van der Waals surface area contributed by atoms with E-state index in [0.29, 0.717) is 5.56 Å². The topological polar surface area (TPSA) is 15.3 Å². The normalized spacial score (nSPS) is 18.9. The Hall–Kier alpha value is -1.26. The van der Waals surface area contributed by atoms with Crippen LogP contribution in [0.3, 0.4) is 0 Å². The van der Waals surface area contributed by atoms with Gasteiger partial charge in [0, 0.05) is 32.2 Å². The van der Waals surface area contributed by atoms with Crippen molar-refractivity contribution in [1.82, 2.24) is 10.2 Å². The van der Waals surface area contributed by atoms with E-state index in [-0.39, 0.29) is 6.04 Å². The lowest BCUT2D eigenvalue weighted by Crippen LogP contribution is -2.44. The van der Waals surface area contributed by atoms with Crippen molar-refractivity contribution >= 4 is 0 Å². The largest absolute Gasteiger partial charge is 0.314 e. The van der Waals surface area contributed by atoms with E-state index in [1.807, 2.05) is 0 Å². The Labute approximate surface area is 99.9 Å². The van der Waals surface area contributed by atoms with E-state index in [9.17, 15) is 8.78 Å². The molecular formula is C13H16F2N2. The molecule has 1 aromatic carbocycles. The van der Waals surface area contributed by atoms with Crippen molar-refractivity contribution in [2.45, 2.75) is 6.04 Å². The molecule has 1 aliphatic heterocycles. The highest BCUT2D eigenvalue weighted by molar-refractivity contribution is 5.24. The molecule has 0 spiro atoms. The first kappa shape index (κ1) is 12.2. The van der Waals surface area contributed by atoms with Gasteiger partial charge in [0.05, 0.1) is 6.04 Å². The predicted octanol–water partition coefficient (Wildman–Crippen LogP) is 2.10. The maximum absolute atomic E-state index is 13.2. The van der Waals surface area contributed by atoms with E-state index in [1.165, 1.54) is 12.1 Å². The fourth-order valence-electron chi connectivity index (χ4n) is 2.20. The summed E-state index contributed by atoms with van der Waals surface area (Å²) in [6.45, 7) is 7.26. The molecule has 0 bridgehead atoms. The lowest BCUT2D eigenvalue weighted by atomic mass is 10.0. The first-order valence-electron chi connectivity index (χ1n) is 5.74. The zero-order chi connectivity index (χ0) is 12.3. The Morgan fingerprint density at radius 3 is 2.29 bits per heavy atom. The highest BCUT2D eigenvalue weighted by atomic mass is 19.1. The first-order valence-corrected chi connectivity index (χ1v) is 5.74. The molecule has 0 amide bonds. The minimum atomic E-state index is -0.540. The molecule has 0 radical (unpaired) electrons. The van der Waals surface area contributed by atoms with Gasteiger partial charge in [0.2, 0.25) is 0 Å². The number of halogens is 2. The summed E-state index contributed by atoms with van der Waals surface area (Å²) in [4.78, 5) is 2.16. The molecule has 17 heavy (non-hydrogen) atoms. The minimum absolute atomic E-state index is 0.123. The van der Waals surface area contributed by atoms with E-state index >= 15 is 0 Å². The van der Waals surface area contributed by atoms with Gasteiger partial charge in [0.1, 0.15) is 11.6 Å². The molecule has 1 N–H and O–H groups in total. The van der Waals surface area contributed by atoms with Crippen LogP contribution in [-0.2, 0) is 0 Å². The van der Waals surface area contributed by atoms with Crippen LogP contribution in [-0.4, -0.2) is 31.1 Å². The summed E-state index contributed by atoms with van der Waals surface area (Å²) >= 11 is 0. The second-order valence-electron chi connectivity index (χ2n) is 4.17. The number of rotatable bonds is 3. The van der Waals surface area contributed by atoms with Crippen molar-refractivity contribution in [2.75, 3.05) is 26.2 Å². The van der Waals surface area contributed by atoms with Crippen molar-refractivity contribution in [2.24, 2.45) is 0 Å². The predicted molar refractivity (Wildman–Crippen MR) is 63.7 cm³/mol. The SMILES string of the molecule is C=C[C@H](c1cc(F)cc(F)c1)N1CCNCC1. The van der Waals surface area contributed by atoms with Crippen LogP contribution in [0.4, 0.5) is 8.78 Å². The van der Waals surface area contributed by atoms with Crippen molar-refractivity contribution in [3.8, 4) is 0 Å². The Balaban J connectivity index is 2.24. The average molecular weight is 238 g/mol. The summed E-state index contributed by atoms with van der Waals surface area (Å²) < 4.78 is 26.4. The number of benzene rings is 1. The summed E-state index contributed by atoms with van der Waals surface area (Å²) in [5.41, 5.74) is 0.624. The molecule has 0 aliphatic carbocycles. The van der Waals surface area contributed by atoms with E-state index in [0.717, 1.165) is 32.2 Å². The second-order valence-corrected chi connectivity index (χ2v) is 4.17. The summed E-state index contributed by atoms with van der Waals surface area (Å²) in [5, 5.41) is 3.24. The van der Waals surface area contributed by atoms with Crippen molar-refractivity contribution in [1.29, 1.82) is 0 Å². The van der Waals surface area contributed by atoms with Crippen LogP contribution in [0.1, 0.15) is 11.6 Å². The van der Waals surface area contributed by atoms with E-state index in [4.69, 9.17) is 0 Å². The maximum atomic E-state index is 13.2. The Morgan fingerprint density at radius 2 is 1.76 bits per heavy atom. The molecule has 1 aliphatic rings. The minimum Gasteiger partial charge on any atom is -0.314 e. The van der Waals surface area contributed by atoms with Gasteiger partial charge in [-0.15, -0.1) is 6.58 Å². The number of hydrogen-bond donors (Lipinski definition) is 1. The van der Waals surface area contributed by atoms with Crippen LogP contribution in [0.2, 0.25) is 0 Å². The Kier molecular flexibility index (Phi) is 3.86. The third-order valence-electron chi connectivity index (χ3n) is 2.99. The average Bonchev–Trinajstić information content (AvgIpc) is 2.30. The summed E-state index contributed by atoms with van der Waals surface area (Å²) in [7, 11) is 0. The van der Waals surface area contributed by atoms with Gasteiger partial charge < -0.3 is 5.32 Å². The fraction of sp³-hybridized carbons (Fsp3) is 0.385. The molecule has 1 fully saturated rings. The molecule has 2 nitrogen and oxygen atoms in total. The van der Waals surface area contributed by atoms with E-state index in [2.05, 4.69) is 16.8 Å². The smallest absolute Gasteiger partial charge is 0.126 e. The monoisotopic (exact) mass is 238 g/mol. The maximum Gasteiger partial charge on any atom is 0.126 e. The summed E-state index contributed by atoms with van der Waals surface area (Å²) in [6.07, 6.45) is 1.74. The van der Waals surface area contributed by atoms with Gasteiger partial charge in [-0.05, 0) is 17.7 Å². The molecule has 92 valence electrons. The van der Waals surface area contributed by atoms with Crippen LogP contribution in [0.5, 0.6) is 0 Å². The van der Waals surface area contributed by atoms with Gasteiger partial charge in [0.25, 0.3) is 0 Å². The molecule has 1 atom stereocenters. The van der Waals surface area contributed by atoms with E-state index in [1.54, 1.807) is 6.08 Å². The zero-order valence-corrected chi connectivity index (χ0v) is 9.63. The van der Waals surface area contributed by atoms with Crippen LogP contribution < -0.4 is 5.32 Å². The number of piperazine rings is 1. The Morgan fingerprint density at radius 1 is 1.18 bits per heavy atom. The van der Waals surface area contributed by atoms with Crippen molar-refractivity contribution in [3.05, 3.63) is 48.1 Å². The number of nitrogens with zero attached hydrogens (tertiary/aromatic N) is 1. The lowest BCUT2D eigenvalue weighted by Gasteiger charge is -2.33. The van der Waals surface area contributed by atoms with Gasteiger partial charge >= 0.3 is 0 Å². The third kappa shape index (κ3) is 2.90. The van der Waals surface area contributed by atoms with Crippen LogP contribution in [0, 0.1) is 11.6 Å². The molecular weight excluding hydrogens is 222 g/mol. The molecule has 2 rings (SSSR count). The van der Waals surface area contributed by atoms with Gasteiger partial charge in [-0.2, -0.15) is 0 Å². The lowest BCUT2D eigenvalue weighted by molar-refractivity contribution is 0.203. The van der Waals surface area contributed by atoms with E-state index < -0.39 is 11.6 Å². The highest BCUT2D eigenvalue weighted by Gasteiger charge is 2.20. The first-order chi connectivity index (χ1) is 8.20. The van der Waals surface area contributed by atoms with Crippen LogP contribution >= 0.6 is 0 Å². The van der Waals surface area contributed by atoms with Gasteiger partial charge in [-0.1, -0.05) is 6.08 Å². The van der Waals surface area contributed by atoms with Gasteiger partial charge in [0.15, 0.2) is 0 Å². The summed E-state index contributed by atoms with van der Waals surface area (Å²) in [6, 6.07) is 3.51. The molecule has 0 unspecified atom stereocenters. The molecule has 0 saturated carbocycles. The standard InChI is InChI=1S/C13H16F2N2/c1-2-13(17-5-3-16-4-6-17)10-7-11(14)9-12(15)8-10/h2,7-9,13,16H,1,3-6H2/t13-/m1/s1. The number of nitrogens with one attached hydrogen (secondary N) is 1. The number of hydrogen-bond acceptors (Lipinski definition) is 2. The molecule has 1 saturated heterocycles. The molecule has 1 aromatic rings. The molecule has 4 heteroatoms. The highest BCUT2D eigenvalue weighted by Crippen LogP contribution is 2.23. The van der Waals surface area contributed by atoms with Crippen molar-refractivity contribution in [3.63, 3.8) is 0 Å². The Bertz CT molecular complexity index is 380. The van der Waals surface area contributed by atoms with Gasteiger partial charge in [-0.3, -0.25) is 4.90 Å². The summed E-state index contributed by atoms with van der Waals surface area (Å²) in [5.74, 6) is -1.08. The van der Waals surface area contributed by atoms with Gasteiger partial charge in [-0.25, -0.2) is 8.78 Å². The quantitative estimate of drug-likeness (QED) is 0.811. The fourth-order valence-corrected chi connectivity index (χ4v) is 2.20. The zero-order valence-electron chi connectivity index (χ0n) is 9.63. The molecule has 0 aromatic heterocycles. The third-order valence-corrected chi connectivity index (χ3v) is 2.99. The molecule has 1 heterocycles. The van der Waals surface area contributed by atoms with Crippen LogP contribution in [0.15, 0.2) is 30.9 Å². The van der Waals surface area contributed by atoms with Crippen LogP contribution in [0.25, 0.3) is 0 Å².